The van der Waals surface area contributed by atoms with Gasteiger partial charge >= 0.3 is 0 Å². The van der Waals surface area contributed by atoms with Gasteiger partial charge in [-0.25, -0.2) is 0 Å². The predicted octanol–water partition coefficient (Wildman–Crippen LogP) is 2.43. The molecule has 1 heterocycles. The van der Waals surface area contributed by atoms with Gasteiger partial charge < -0.3 is 16.0 Å². The molecule has 0 saturated carbocycles. The van der Waals surface area contributed by atoms with Crippen LogP contribution in [0.15, 0.2) is 42.5 Å². The van der Waals surface area contributed by atoms with E-state index < -0.39 is 0 Å². The fourth-order valence-electron chi connectivity index (χ4n) is 2.46. The van der Waals surface area contributed by atoms with Gasteiger partial charge in [-0.05, 0) is 35.9 Å². The lowest BCUT2D eigenvalue weighted by Gasteiger charge is -2.31. The van der Waals surface area contributed by atoms with Crippen molar-refractivity contribution in [3.63, 3.8) is 0 Å². The van der Waals surface area contributed by atoms with Crippen molar-refractivity contribution in [1.29, 1.82) is 5.26 Å². The molecule has 3 rings (SSSR count). The lowest BCUT2D eigenvalue weighted by molar-refractivity contribution is -0.115. The minimum Gasteiger partial charge on any atom is -0.398 e. The van der Waals surface area contributed by atoms with Crippen LogP contribution in [0.2, 0.25) is 0 Å². The standard InChI is InChI=1S/C16H14N4O/c17-8-7-11-9-12(5-6-13(11)18)20-10-16(21)19-14-3-1-2-4-15(14)20/h1-6,9H,7,10,18H2,(H,19,21). The predicted molar refractivity (Wildman–Crippen MR) is 82.2 cm³/mol. The summed E-state index contributed by atoms with van der Waals surface area (Å²) in [7, 11) is 0. The molecule has 0 unspecified atom stereocenters. The normalized spacial score (nSPS) is 13.3. The van der Waals surface area contributed by atoms with Crippen molar-refractivity contribution in [3.05, 3.63) is 48.0 Å². The number of hydrogen-bond acceptors (Lipinski definition) is 4. The molecule has 0 spiro atoms. The highest BCUT2D eigenvalue weighted by molar-refractivity contribution is 6.03. The van der Waals surface area contributed by atoms with E-state index in [1.807, 2.05) is 41.3 Å². The molecule has 0 saturated heterocycles. The number of nitrogen functional groups attached to an aromatic ring is 1. The van der Waals surface area contributed by atoms with Crippen LogP contribution in [0.1, 0.15) is 5.56 Å². The van der Waals surface area contributed by atoms with E-state index in [1.165, 1.54) is 0 Å². The molecule has 5 heteroatoms. The van der Waals surface area contributed by atoms with Gasteiger partial charge in [0.15, 0.2) is 0 Å². The summed E-state index contributed by atoms with van der Waals surface area (Å²) in [6.07, 6.45) is 0.251. The molecule has 5 nitrogen and oxygen atoms in total. The molecule has 1 aliphatic rings. The van der Waals surface area contributed by atoms with E-state index in [2.05, 4.69) is 11.4 Å². The van der Waals surface area contributed by atoms with Crippen LogP contribution in [0.4, 0.5) is 22.7 Å². The number of anilines is 4. The summed E-state index contributed by atoms with van der Waals surface area (Å²) in [5, 5.41) is 11.7. The fourth-order valence-corrected chi connectivity index (χ4v) is 2.46. The SMILES string of the molecule is N#CCc1cc(N2CC(=O)Nc3ccccc32)ccc1N. The molecule has 0 fully saturated rings. The molecule has 1 amide bonds. The van der Waals surface area contributed by atoms with Gasteiger partial charge in [-0.3, -0.25) is 4.79 Å². The Bertz CT molecular complexity index is 748. The first-order valence-electron chi connectivity index (χ1n) is 6.61. The van der Waals surface area contributed by atoms with Crippen LogP contribution >= 0.6 is 0 Å². The summed E-state index contributed by atoms with van der Waals surface area (Å²) < 4.78 is 0. The number of nitrogens with one attached hydrogen (secondary N) is 1. The summed E-state index contributed by atoms with van der Waals surface area (Å²) >= 11 is 0. The van der Waals surface area contributed by atoms with E-state index in [0.29, 0.717) is 5.69 Å². The molecular weight excluding hydrogens is 264 g/mol. The molecule has 0 aromatic heterocycles. The highest BCUT2D eigenvalue weighted by Gasteiger charge is 2.23. The van der Waals surface area contributed by atoms with Gasteiger partial charge in [0.1, 0.15) is 6.54 Å². The zero-order chi connectivity index (χ0) is 14.8. The third kappa shape index (κ3) is 2.39. The average molecular weight is 278 g/mol. The van der Waals surface area contributed by atoms with Crippen LogP contribution in [0.5, 0.6) is 0 Å². The highest BCUT2D eigenvalue weighted by atomic mass is 16.2. The third-order valence-corrected chi connectivity index (χ3v) is 3.48. The van der Waals surface area contributed by atoms with Gasteiger partial charge in [0.2, 0.25) is 5.91 Å². The largest absolute Gasteiger partial charge is 0.398 e. The van der Waals surface area contributed by atoms with Crippen LogP contribution in [-0.4, -0.2) is 12.5 Å². The second-order valence-electron chi connectivity index (χ2n) is 4.87. The molecule has 2 aromatic rings. The number of benzene rings is 2. The maximum Gasteiger partial charge on any atom is 0.244 e. The topological polar surface area (TPSA) is 82.2 Å². The Morgan fingerprint density at radius 2 is 2.10 bits per heavy atom. The minimum atomic E-state index is -0.0626. The fraction of sp³-hybridized carbons (Fsp3) is 0.125. The summed E-state index contributed by atoms with van der Waals surface area (Å²) in [4.78, 5) is 13.8. The number of hydrogen-bond donors (Lipinski definition) is 2. The van der Waals surface area contributed by atoms with E-state index in [1.54, 1.807) is 6.07 Å². The number of nitriles is 1. The number of carbonyl (C=O) groups is 1. The van der Waals surface area contributed by atoms with Gasteiger partial charge in [0, 0.05) is 11.4 Å². The second-order valence-corrected chi connectivity index (χ2v) is 4.87. The van der Waals surface area contributed by atoms with E-state index in [4.69, 9.17) is 11.0 Å². The van der Waals surface area contributed by atoms with Crippen LogP contribution in [0.3, 0.4) is 0 Å². The molecule has 0 atom stereocenters. The van der Waals surface area contributed by atoms with E-state index in [0.717, 1.165) is 22.6 Å². The Labute approximate surface area is 122 Å². The van der Waals surface area contributed by atoms with Crippen molar-refractivity contribution >= 4 is 28.7 Å². The van der Waals surface area contributed by atoms with Crippen molar-refractivity contribution in [1.82, 2.24) is 0 Å². The van der Waals surface area contributed by atoms with Crippen LogP contribution in [0.25, 0.3) is 0 Å². The monoisotopic (exact) mass is 278 g/mol. The summed E-state index contributed by atoms with van der Waals surface area (Å²) in [6, 6.07) is 15.2. The number of nitrogens with two attached hydrogens (primary N) is 1. The van der Waals surface area contributed by atoms with Gasteiger partial charge in [-0.15, -0.1) is 0 Å². The van der Waals surface area contributed by atoms with Crippen LogP contribution < -0.4 is 16.0 Å². The number of nitrogens with zero attached hydrogens (tertiary/aromatic N) is 2. The molecule has 104 valence electrons. The summed E-state index contributed by atoms with van der Waals surface area (Å²) in [5.74, 6) is -0.0626. The lowest BCUT2D eigenvalue weighted by Crippen LogP contribution is -2.35. The zero-order valence-electron chi connectivity index (χ0n) is 11.3. The lowest BCUT2D eigenvalue weighted by atomic mass is 10.1. The first-order valence-corrected chi connectivity index (χ1v) is 6.61. The smallest absolute Gasteiger partial charge is 0.244 e. The Hall–Kier alpha value is -3.00. The minimum absolute atomic E-state index is 0.0626. The average Bonchev–Trinajstić information content (AvgIpc) is 2.49. The number of rotatable bonds is 2. The van der Waals surface area contributed by atoms with Crippen molar-refractivity contribution in [2.24, 2.45) is 0 Å². The van der Waals surface area contributed by atoms with E-state index >= 15 is 0 Å². The number of carbonyl (C=O) groups excluding carboxylic acids is 1. The molecule has 0 aliphatic carbocycles. The molecule has 0 bridgehead atoms. The number of amides is 1. The van der Waals surface area contributed by atoms with Crippen molar-refractivity contribution in [3.8, 4) is 6.07 Å². The molecule has 21 heavy (non-hydrogen) atoms. The Morgan fingerprint density at radius 3 is 2.90 bits per heavy atom. The Kier molecular flexibility index (Phi) is 3.20. The molecular formula is C16H14N4O. The Morgan fingerprint density at radius 1 is 1.29 bits per heavy atom. The molecule has 1 aliphatic heterocycles. The maximum absolute atomic E-state index is 11.9. The van der Waals surface area contributed by atoms with Crippen molar-refractivity contribution < 1.29 is 4.79 Å². The summed E-state index contributed by atoms with van der Waals surface area (Å²) in [6.45, 7) is 0.243. The first-order chi connectivity index (χ1) is 10.2. The van der Waals surface area contributed by atoms with E-state index in [9.17, 15) is 4.79 Å². The number of para-hydroxylation sites is 2. The number of fused-ring (bicyclic) bond motifs is 1. The quantitative estimate of drug-likeness (QED) is 0.826. The molecule has 2 aromatic carbocycles. The molecule has 0 radical (unpaired) electrons. The van der Waals surface area contributed by atoms with Crippen LogP contribution in [-0.2, 0) is 11.2 Å². The Balaban J connectivity index is 2.07. The van der Waals surface area contributed by atoms with Crippen molar-refractivity contribution in [2.45, 2.75) is 6.42 Å². The molecule has 3 N–H and O–H groups in total. The third-order valence-electron chi connectivity index (χ3n) is 3.48. The van der Waals surface area contributed by atoms with Crippen molar-refractivity contribution in [2.75, 3.05) is 22.5 Å². The van der Waals surface area contributed by atoms with Gasteiger partial charge in [-0.1, -0.05) is 12.1 Å². The van der Waals surface area contributed by atoms with Gasteiger partial charge in [0.25, 0.3) is 0 Å². The van der Waals surface area contributed by atoms with Gasteiger partial charge in [0.05, 0.1) is 23.9 Å². The summed E-state index contributed by atoms with van der Waals surface area (Å²) in [5.41, 5.74) is 9.82. The zero-order valence-corrected chi connectivity index (χ0v) is 11.3. The highest BCUT2D eigenvalue weighted by Crippen LogP contribution is 2.35. The first kappa shape index (κ1) is 13.0. The van der Waals surface area contributed by atoms with Crippen LogP contribution in [0, 0.1) is 11.3 Å². The van der Waals surface area contributed by atoms with E-state index in [-0.39, 0.29) is 18.9 Å². The van der Waals surface area contributed by atoms with Gasteiger partial charge in [-0.2, -0.15) is 5.26 Å². The second kappa shape index (κ2) is 5.17. The maximum atomic E-state index is 11.9.